The van der Waals surface area contributed by atoms with Gasteiger partial charge in [0.15, 0.2) is 5.65 Å². The zero-order valence-corrected chi connectivity index (χ0v) is 15.2. The maximum absolute atomic E-state index is 12.0. The molecule has 0 atom stereocenters. The third-order valence-corrected chi connectivity index (χ3v) is 4.28. The standard InChI is InChI=1S/C20H24N4O2/c1-3-4-7-19(25)22-13-18-23-17-6-5-12-21-20(17)24(18)14-15-8-10-16(26-2)11-9-15/h5-6,8-12H,3-4,7,13-14H2,1-2H3,(H,22,25). The molecular formula is C20H24N4O2. The smallest absolute Gasteiger partial charge is 0.220 e. The Hall–Kier alpha value is -2.89. The van der Waals surface area contributed by atoms with Crippen molar-refractivity contribution >= 4 is 17.1 Å². The SMILES string of the molecule is CCCCC(=O)NCc1nc2cccnc2n1Cc1ccc(OC)cc1. The van der Waals surface area contributed by atoms with E-state index in [0.29, 0.717) is 19.5 Å². The first-order valence-electron chi connectivity index (χ1n) is 8.91. The molecule has 0 saturated heterocycles. The summed E-state index contributed by atoms with van der Waals surface area (Å²) in [6.45, 7) is 3.11. The normalized spacial score (nSPS) is 10.8. The highest BCUT2D eigenvalue weighted by atomic mass is 16.5. The zero-order valence-electron chi connectivity index (χ0n) is 15.2. The number of benzene rings is 1. The lowest BCUT2D eigenvalue weighted by Crippen LogP contribution is -2.24. The highest BCUT2D eigenvalue weighted by molar-refractivity contribution is 5.76. The lowest BCUT2D eigenvalue weighted by atomic mass is 10.2. The van der Waals surface area contributed by atoms with E-state index < -0.39 is 0 Å². The fourth-order valence-corrected chi connectivity index (χ4v) is 2.82. The second kappa shape index (κ2) is 8.47. The van der Waals surface area contributed by atoms with Crippen LogP contribution in [0.3, 0.4) is 0 Å². The van der Waals surface area contributed by atoms with Crippen LogP contribution in [0.5, 0.6) is 5.75 Å². The number of carbonyl (C=O) groups excluding carboxylic acids is 1. The third-order valence-electron chi connectivity index (χ3n) is 4.28. The predicted octanol–water partition coefficient (Wildman–Crippen LogP) is 3.29. The van der Waals surface area contributed by atoms with Crippen molar-refractivity contribution in [3.05, 3.63) is 54.0 Å². The summed E-state index contributed by atoms with van der Waals surface area (Å²) in [6, 6.07) is 11.7. The number of hydrogen-bond acceptors (Lipinski definition) is 4. The minimum Gasteiger partial charge on any atom is -0.497 e. The Morgan fingerprint density at radius 3 is 2.77 bits per heavy atom. The molecule has 0 aliphatic heterocycles. The summed E-state index contributed by atoms with van der Waals surface area (Å²) in [5.74, 6) is 1.69. The Kier molecular flexibility index (Phi) is 5.84. The largest absolute Gasteiger partial charge is 0.497 e. The molecule has 0 bridgehead atoms. The van der Waals surface area contributed by atoms with Crippen molar-refractivity contribution in [2.75, 3.05) is 7.11 Å². The van der Waals surface area contributed by atoms with Crippen LogP contribution in [-0.2, 0) is 17.9 Å². The average molecular weight is 352 g/mol. The third kappa shape index (κ3) is 4.20. The molecule has 6 heteroatoms. The van der Waals surface area contributed by atoms with E-state index >= 15 is 0 Å². The second-order valence-corrected chi connectivity index (χ2v) is 6.19. The van der Waals surface area contributed by atoms with E-state index in [2.05, 4.69) is 26.8 Å². The number of ether oxygens (including phenoxy) is 1. The van der Waals surface area contributed by atoms with Crippen LogP contribution in [0.1, 0.15) is 37.6 Å². The molecule has 1 N–H and O–H groups in total. The number of aromatic nitrogens is 3. The summed E-state index contributed by atoms with van der Waals surface area (Å²) in [4.78, 5) is 21.1. The van der Waals surface area contributed by atoms with Gasteiger partial charge in [-0.15, -0.1) is 0 Å². The van der Waals surface area contributed by atoms with Gasteiger partial charge in [-0.3, -0.25) is 4.79 Å². The van der Waals surface area contributed by atoms with Gasteiger partial charge >= 0.3 is 0 Å². The highest BCUT2D eigenvalue weighted by Gasteiger charge is 2.13. The average Bonchev–Trinajstić information content (AvgIpc) is 3.03. The number of pyridine rings is 1. The van der Waals surface area contributed by atoms with Crippen molar-refractivity contribution in [2.45, 2.75) is 39.3 Å². The maximum atomic E-state index is 12.0. The number of rotatable bonds is 8. The van der Waals surface area contributed by atoms with Gasteiger partial charge in [-0.2, -0.15) is 0 Å². The summed E-state index contributed by atoms with van der Waals surface area (Å²) < 4.78 is 7.27. The number of unbranched alkanes of at least 4 members (excludes halogenated alkanes) is 1. The van der Waals surface area contributed by atoms with Gasteiger partial charge in [0.1, 0.15) is 17.1 Å². The van der Waals surface area contributed by atoms with Crippen molar-refractivity contribution in [1.29, 1.82) is 0 Å². The lowest BCUT2D eigenvalue weighted by molar-refractivity contribution is -0.121. The molecule has 1 aromatic carbocycles. The van der Waals surface area contributed by atoms with Crippen LogP contribution < -0.4 is 10.1 Å². The highest BCUT2D eigenvalue weighted by Crippen LogP contribution is 2.18. The number of imidazole rings is 1. The molecule has 0 aliphatic carbocycles. The molecule has 0 saturated carbocycles. The van der Waals surface area contributed by atoms with Crippen LogP contribution in [0, 0.1) is 0 Å². The first kappa shape index (κ1) is 17.9. The summed E-state index contributed by atoms with van der Waals surface area (Å²) in [5, 5.41) is 2.97. The summed E-state index contributed by atoms with van der Waals surface area (Å²) in [5.41, 5.74) is 2.77. The summed E-state index contributed by atoms with van der Waals surface area (Å²) in [7, 11) is 1.65. The number of amides is 1. The molecule has 3 aromatic rings. The van der Waals surface area contributed by atoms with Gasteiger partial charge in [0.25, 0.3) is 0 Å². The molecule has 2 heterocycles. The van der Waals surface area contributed by atoms with Gasteiger partial charge < -0.3 is 14.6 Å². The molecule has 26 heavy (non-hydrogen) atoms. The molecule has 136 valence electrons. The van der Waals surface area contributed by atoms with Crippen molar-refractivity contribution < 1.29 is 9.53 Å². The van der Waals surface area contributed by atoms with E-state index in [9.17, 15) is 4.79 Å². The fraction of sp³-hybridized carbons (Fsp3) is 0.350. The zero-order chi connectivity index (χ0) is 18.4. The van der Waals surface area contributed by atoms with Crippen molar-refractivity contribution in [3.63, 3.8) is 0 Å². The second-order valence-electron chi connectivity index (χ2n) is 6.19. The molecule has 2 aromatic heterocycles. The molecule has 0 radical (unpaired) electrons. The molecule has 0 unspecified atom stereocenters. The van der Waals surface area contributed by atoms with E-state index in [0.717, 1.165) is 41.1 Å². The molecule has 0 aliphatic rings. The van der Waals surface area contributed by atoms with Gasteiger partial charge in [0, 0.05) is 12.6 Å². The van der Waals surface area contributed by atoms with E-state index in [4.69, 9.17) is 4.74 Å². The molecule has 0 fully saturated rings. The topological polar surface area (TPSA) is 69.0 Å². The van der Waals surface area contributed by atoms with Crippen LogP contribution in [0.2, 0.25) is 0 Å². The van der Waals surface area contributed by atoms with E-state index in [1.54, 1.807) is 13.3 Å². The fourth-order valence-electron chi connectivity index (χ4n) is 2.82. The molecule has 0 spiro atoms. The quantitative estimate of drug-likeness (QED) is 0.675. The predicted molar refractivity (Wildman–Crippen MR) is 101 cm³/mol. The van der Waals surface area contributed by atoms with Crippen molar-refractivity contribution in [2.24, 2.45) is 0 Å². The van der Waals surface area contributed by atoms with E-state index in [-0.39, 0.29) is 5.91 Å². The van der Waals surface area contributed by atoms with Crippen LogP contribution in [0.4, 0.5) is 0 Å². The Morgan fingerprint density at radius 1 is 1.23 bits per heavy atom. The van der Waals surface area contributed by atoms with Crippen molar-refractivity contribution in [1.82, 2.24) is 19.9 Å². The van der Waals surface area contributed by atoms with Crippen molar-refractivity contribution in [3.8, 4) is 5.75 Å². The van der Waals surface area contributed by atoms with Gasteiger partial charge in [-0.25, -0.2) is 9.97 Å². The summed E-state index contributed by atoms with van der Waals surface area (Å²) >= 11 is 0. The van der Waals surface area contributed by atoms with Gasteiger partial charge in [-0.05, 0) is 36.2 Å². The number of nitrogens with zero attached hydrogens (tertiary/aromatic N) is 3. The molecule has 6 nitrogen and oxygen atoms in total. The van der Waals surface area contributed by atoms with Crippen LogP contribution in [0.15, 0.2) is 42.6 Å². The maximum Gasteiger partial charge on any atom is 0.220 e. The van der Waals surface area contributed by atoms with E-state index in [1.807, 2.05) is 36.4 Å². The van der Waals surface area contributed by atoms with Gasteiger partial charge in [-0.1, -0.05) is 25.5 Å². The number of nitrogens with one attached hydrogen (secondary N) is 1. The minimum absolute atomic E-state index is 0.0582. The number of fused-ring (bicyclic) bond motifs is 1. The van der Waals surface area contributed by atoms with E-state index in [1.165, 1.54) is 0 Å². The molecule has 3 rings (SSSR count). The minimum atomic E-state index is 0.0582. The Balaban J connectivity index is 1.83. The van der Waals surface area contributed by atoms with Crippen LogP contribution >= 0.6 is 0 Å². The van der Waals surface area contributed by atoms with Crippen LogP contribution in [-0.4, -0.2) is 27.6 Å². The summed E-state index contributed by atoms with van der Waals surface area (Å²) in [6.07, 6.45) is 4.22. The van der Waals surface area contributed by atoms with Crippen LogP contribution in [0.25, 0.3) is 11.2 Å². The number of hydrogen-bond donors (Lipinski definition) is 1. The Morgan fingerprint density at radius 2 is 2.04 bits per heavy atom. The molecule has 1 amide bonds. The number of methoxy groups -OCH3 is 1. The first-order valence-corrected chi connectivity index (χ1v) is 8.91. The molecular weight excluding hydrogens is 328 g/mol. The lowest BCUT2D eigenvalue weighted by Gasteiger charge is -2.10. The van der Waals surface area contributed by atoms with Gasteiger partial charge in [0.05, 0.1) is 20.2 Å². The van der Waals surface area contributed by atoms with Gasteiger partial charge in [0.2, 0.25) is 5.91 Å². The monoisotopic (exact) mass is 352 g/mol. The Labute approximate surface area is 153 Å². The first-order chi connectivity index (χ1) is 12.7. The Bertz CT molecular complexity index is 871. The number of carbonyl (C=O) groups is 1.